The van der Waals surface area contributed by atoms with Gasteiger partial charge in [0.1, 0.15) is 6.54 Å². The molecule has 0 bridgehead atoms. The van der Waals surface area contributed by atoms with Gasteiger partial charge in [0.2, 0.25) is 5.91 Å². The summed E-state index contributed by atoms with van der Waals surface area (Å²) in [5.41, 5.74) is 1.08. The summed E-state index contributed by atoms with van der Waals surface area (Å²) >= 11 is 1.76. The van der Waals surface area contributed by atoms with Gasteiger partial charge in [0, 0.05) is 31.6 Å². The molecule has 5 nitrogen and oxygen atoms in total. The number of hydrogen-bond acceptors (Lipinski definition) is 3. The molecule has 1 amide bonds. The first kappa shape index (κ1) is 22.4. The Morgan fingerprint density at radius 3 is 2.58 bits per heavy atom. The maximum atomic E-state index is 12.0. The molecule has 2 N–H and O–H groups in total. The Morgan fingerprint density at radius 2 is 1.92 bits per heavy atom. The topological polar surface area (TPSA) is 56.7 Å². The quantitative estimate of drug-likeness (QED) is 0.343. The van der Waals surface area contributed by atoms with E-state index in [0.29, 0.717) is 6.54 Å². The Hall–Kier alpha value is -1.61. The van der Waals surface area contributed by atoms with Gasteiger partial charge in [-0.2, -0.15) is 0 Å². The molecule has 0 saturated carbocycles. The van der Waals surface area contributed by atoms with Crippen LogP contribution < -0.4 is 10.6 Å². The number of thiophene rings is 1. The number of hydrogen-bond donors (Lipinski definition) is 2. The maximum Gasteiger partial charge on any atom is 0.242 e. The van der Waals surface area contributed by atoms with E-state index >= 15 is 0 Å². The second kappa shape index (κ2) is 12.7. The summed E-state index contributed by atoms with van der Waals surface area (Å²) in [6, 6.07) is 14.1. The van der Waals surface area contributed by atoms with Crippen molar-refractivity contribution in [3.8, 4) is 0 Å². The molecule has 142 valence electrons. The van der Waals surface area contributed by atoms with Crippen molar-refractivity contribution < 1.29 is 4.79 Å². The van der Waals surface area contributed by atoms with Gasteiger partial charge in [-0.15, -0.1) is 35.3 Å². The van der Waals surface area contributed by atoms with Crippen LogP contribution in [0.15, 0.2) is 52.8 Å². The summed E-state index contributed by atoms with van der Waals surface area (Å²) in [6.07, 6.45) is 0.971. The number of rotatable bonds is 8. The van der Waals surface area contributed by atoms with Gasteiger partial charge in [0.05, 0.1) is 0 Å². The van der Waals surface area contributed by atoms with Gasteiger partial charge in [0.25, 0.3) is 0 Å². The van der Waals surface area contributed by atoms with E-state index < -0.39 is 0 Å². The van der Waals surface area contributed by atoms with Crippen molar-refractivity contribution in [2.45, 2.75) is 19.9 Å². The maximum absolute atomic E-state index is 12.0. The average molecular weight is 486 g/mol. The van der Waals surface area contributed by atoms with E-state index in [2.05, 4.69) is 38.0 Å². The molecule has 0 fully saturated rings. The van der Waals surface area contributed by atoms with E-state index in [9.17, 15) is 4.79 Å². The number of guanidine groups is 1. The second-order valence-electron chi connectivity index (χ2n) is 5.68. The first-order valence-corrected chi connectivity index (χ1v) is 9.39. The fraction of sp³-hybridized carbons (Fsp3) is 0.368. The van der Waals surface area contributed by atoms with Crippen molar-refractivity contribution in [3.63, 3.8) is 0 Å². The van der Waals surface area contributed by atoms with Gasteiger partial charge < -0.3 is 15.5 Å². The van der Waals surface area contributed by atoms with Gasteiger partial charge >= 0.3 is 0 Å². The Morgan fingerprint density at radius 1 is 1.15 bits per heavy atom. The number of nitrogens with zero attached hydrogens (tertiary/aromatic N) is 2. The van der Waals surface area contributed by atoms with Crippen LogP contribution in [0.5, 0.6) is 0 Å². The second-order valence-corrected chi connectivity index (χ2v) is 6.72. The number of aliphatic imine (C=N–C) groups is 1. The largest absolute Gasteiger partial charge is 0.357 e. The van der Waals surface area contributed by atoms with Crippen LogP contribution in [-0.2, 0) is 17.8 Å². The van der Waals surface area contributed by atoms with Gasteiger partial charge in [-0.1, -0.05) is 36.4 Å². The number of amides is 1. The molecule has 0 unspecified atom stereocenters. The third-order valence-electron chi connectivity index (χ3n) is 3.68. The standard InChI is InChI=1S/C19H26N4OS.HI/c1-3-20-19(23(2)12-11-17-10-7-13-25-17)22-15-18(24)21-14-16-8-5-4-6-9-16;/h4-10,13H,3,11-12,14-15H2,1-2H3,(H,20,22)(H,21,24);1H. The Labute approximate surface area is 176 Å². The molecule has 0 atom stereocenters. The molecule has 0 aliphatic carbocycles. The lowest BCUT2D eigenvalue weighted by molar-refractivity contribution is -0.119. The Bertz CT molecular complexity index is 661. The summed E-state index contributed by atoms with van der Waals surface area (Å²) in [7, 11) is 2.00. The number of nitrogens with one attached hydrogen (secondary N) is 2. The lowest BCUT2D eigenvalue weighted by Crippen LogP contribution is -2.40. The molecule has 0 saturated heterocycles. The highest BCUT2D eigenvalue weighted by Gasteiger charge is 2.08. The van der Waals surface area contributed by atoms with E-state index in [1.165, 1.54) is 4.88 Å². The predicted octanol–water partition coefficient (Wildman–Crippen LogP) is 3.12. The van der Waals surface area contributed by atoms with Gasteiger partial charge in [-0.05, 0) is 30.4 Å². The Balaban J connectivity index is 0.00000338. The lowest BCUT2D eigenvalue weighted by atomic mass is 10.2. The fourth-order valence-corrected chi connectivity index (χ4v) is 3.01. The van der Waals surface area contributed by atoms with Crippen molar-refractivity contribution in [2.75, 3.05) is 26.7 Å². The molecular weight excluding hydrogens is 459 g/mol. The summed E-state index contributed by atoms with van der Waals surface area (Å²) in [5, 5.41) is 8.23. The molecule has 1 aromatic carbocycles. The smallest absolute Gasteiger partial charge is 0.242 e. The molecule has 0 aliphatic rings. The summed E-state index contributed by atoms with van der Waals surface area (Å²) in [6.45, 7) is 4.31. The zero-order valence-electron chi connectivity index (χ0n) is 15.3. The van der Waals surface area contributed by atoms with Crippen molar-refractivity contribution in [3.05, 3.63) is 58.3 Å². The van der Waals surface area contributed by atoms with Crippen LogP contribution in [0.4, 0.5) is 0 Å². The van der Waals surface area contributed by atoms with Crippen LogP contribution in [-0.4, -0.2) is 43.4 Å². The fourth-order valence-electron chi connectivity index (χ4n) is 2.31. The van der Waals surface area contributed by atoms with Crippen LogP contribution in [0, 0.1) is 0 Å². The average Bonchev–Trinajstić information content (AvgIpc) is 3.16. The lowest BCUT2D eigenvalue weighted by Gasteiger charge is -2.21. The number of carbonyl (C=O) groups excluding carboxylic acids is 1. The van der Waals surface area contributed by atoms with Crippen molar-refractivity contribution in [1.29, 1.82) is 0 Å². The zero-order chi connectivity index (χ0) is 17.9. The van der Waals surface area contributed by atoms with Crippen molar-refractivity contribution in [2.24, 2.45) is 4.99 Å². The van der Waals surface area contributed by atoms with E-state index in [1.54, 1.807) is 11.3 Å². The minimum Gasteiger partial charge on any atom is -0.357 e. The van der Waals surface area contributed by atoms with Crippen molar-refractivity contribution in [1.82, 2.24) is 15.5 Å². The molecule has 26 heavy (non-hydrogen) atoms. The molecule has 1 aromatic heterocycles. The highest BCUT2D eigenvalue weighted by Crippen LogP contribution is 2.09. The van der Waals surface area contributed by atoms with E-state index in [4.69, 9.17) is 0 Å². The predicted molar refractivity (Wildman–Crippen MR) is 120 cm³/mol. The normalized spacial score (nSPS) is 10.8. The molecule has 2 rings (SSSR count). The van der Waals surface area contributed by atoms with Gasteiger partial charge in [0.15, 0.2) is 5.96 Å². The number of carbonyl (C=O) groups is 1. The highest BCUT2D eigenvalue weighted by atomic mass is 127. The first-order chi connectivity index (χ1) is 12.2. The SMILES string of the molecule is CCNC(=NCC(=O)NCc1ccccc1)N(C)CCc1cccs1.I. The molecule has 0 spiro atoms. The molecule has 1 heterocycles. The monoisotopic (exact) mass is 486 g/mol. The van der Waals surface area contributed by atoms with E-state index in [1.807, 2.05) is 44.3 Å². The first-order valence-electron chi connectivity index (χ1n) is 8.51. The highest BCUT2D eigenvalue weighted by molar-refractivity contribution is 14.0. The van der Waals surface area contributed by atoms with Gasteiger partial charge in [-0.3, -0.25) is 4.79 Å². The van der Waals surface area contributed by atoms with Crippen LogP contribution in [0.1, 0.15) is 17.4 Å². The molecule has 7 heteroatoms. The van der Waals surface area contributed by atoms with E-state index in [0.717, 1.165) is 31.0 Å². The van der Waals surface area contributed by atoms with Crippen LogP contribution in [0.3, 0.4) is 0 Å². The Kier molecular flexibility index (Phi) is 11.0. The minimum absolute atomic E-state index is 0. The molecule has 0 aliphatic heterocycles. The summed E-state index contributed by atoms with van der Waals surface area (Å²) in [4.78, 5) is 19.9. The zero-order valence-corrected chi connectivity index (χ0v) is 18.4. The van der Waals surface area contributed by atoms with Crippen molar-refractivity contribution >= 4 is 47.2 Å². The number of likely N-dealkylation sites (N-methyl/N-ethyl adjacent to an activating group) is 1. The summed E-state index contributed by atoms with van der Waals surface area (Å²) < 4.78 is 0. The van der Waals surface area contributed by atoms with Crippen LogP contribution in [0.25, 0.3) is 0 Å². The number of benzene rings is 1. The molecule has 0 radical (unpaired) electrons. The van der Waals surface area contributed by atoms with E-state index in [-0.39, 0.29) is 36.4 Å². The molecule has 2 aromatic rings. The van der Waals surface area contributed by atoms with Crippen LogP contribution >= 0.6 is 35.3 Å². The minimum atomic E-state index is -0.0779. The summed E-state index contributed by atoms with van der Waals surface area (Å²) in [5.74, 6) is 0.680. The third-order valence-corrected chi connectivity index (χ3v) is 4.61. The third kappa shape index (κ3) is 8.18. The van der Waals surface area contributed by atoms with Crippen LogP contribution in [0.2, 0.25) is 0 Å². The number of halogens is 1. The van der Waals surface area contributed by atoms with Gasteiger partial charge in [-0.25, -0.2) is 4.99 Å². The molecular formula is C19H27IN4OS.